The Bertz CT molecular complexity index is 805. The normalized spacial score (nSPS) is 17.6. The molecule has 0 N–H and O–H groups in total. The molecule has 2 unspecified atom stereocenters. The van der Waals surface area contributed by atoms with E-state index in [2.05, 4.69) is 0 Å². The van der Waals surface area contributed by atoms with Crippen molar-refractivity contribution < 1.29 is 28.6 Å². The minimum atomic E-state index is -0.676. The number of rotatable bonds is 8. The molecule has 0 aliphatic carbocycles. The quantitative estimate of drug-likeness (QED) is 0.368. The second-order valence-corrected chi connectivity index (χ2v) is 6.23. The molecule has 1 aliphatic rings. The van der Waals surface area contributed by atoms with Crippen LogP contribution in [0, 0.1) is 10.1 Å². The van der Waals surface area contributed by atoms with E-state index in [1.165, 1.54) is 19.2 Å². The van der Waals surface area contributed by atoms with Crippen molar-refractivity contribution in [3.8, 4) is 23.0 Å². The molecule has 2 atom stereocenters. The van der Waals surface area contributed by atoms with E-state index >= 15 is 0 Å². The Morgan fingerprint density at radius 3 is 2.54 bits per heavy atom. The second-order valence-electron chi connectivity index (χ2n) is 6.23. The minimum Gasteiger partial charge on any atom is -0.493 e. The summed E-state index contributed by atoms with van der Waals surface area (Å²) < 4.78 is 28.2. The van der Waals surface area contributed by atoms with Crippen LogP contribution in [-0.2, 0) is 9.47 Å². The van der Waals surface area contributed by atoms with Crippen LogP contribution in [0.25, 0.3) is 0 Å². The first-order valence-corrected chi connectivity index (χ1v) is 9.10. The van der Waals surface area contributed by atoms with Crippen LogP contribution < -0.4 is 14.2 Å². The molecular weight excluding hydrogens is 366 g/mol. The predicted molar refractivity (Wildman–Crippen MR) is 101 cm³/mol. The molecule has 1 heterocycles. The van der Waals surface area contributed by atoms with Gasteiger partial charge in [0.2, 0.25) is 5.75 Å². The first-order chi connectivity index (χ1) is 13.6. The smallest absolute Gasteiger partial charge is 0.315 e. The third-order valence-electron chi connectivity index (χ3n) is 4.21. The summed E-state index contributed by atoms with van der Waals surface area (Å²) in [6, 6.07) is 11.4. The first kappa shape index (κ1) is 19.9. The molecule has 0 spiro atoms. The van der Waals surface area contributed by atoms with Crippen molar-refractivity contribution in [2.24, 2.45) is 0 Å². The van der Waals surface area contributed by atoms with Crippen LogP contribution in [0.2, 0.25) is 0 Å². The molecule has 0 amide bonds. The maximum Gasteiger partial charge on any atom is 0.315 e. The summed E-state index contributed by atoms with van der Waals surface area (Å²) in [5.74, 6) is 0.972. The molecule has 2 aromatic rings. The number of benzene rings is 2. The van der Waals surface area contributed by atoms with Crippen molar-refractivity contribution in [3.63, 3.8) is 0 Å². The fraction of sp³-hybridized carbons (Fsp3) is 0.400. The lowest BCUT2D eigenvalue weighted by Gasteiger charge is -2.26. The van der Waals surface area contributed by atoms with Gasteiger partial charge in [0.15, 0.2) is 29.8 Å². The van der Waals surface area contributed by atoms with Crippen molar-refractivity contribution in [3.05, 3.63) is 52.6 Å². The molecular formula is C20H23NO7. The molecule has 1 saturated heterocycles. The number of hydrogen-bond acceptors (Lipinski definition) is 7. The van der Waals surface area contributed by atoms with Gasteiger partial charge in [-0.25, -0.2) is 0 Å². The summed E-state index contributed by atoms with van der Waals surface area (Å²) in [7, 11) is 1.50. The number of ether oxygens (including phenoxy) is 5. The van der Waals surface area contributed by atoms with Crippen LogP contribution in [0.3, 0.4) is 0 Å². The van der Waals surface area contributed by atoms with Gasteiger partial charge >= 0.3 is 5.69 Å². The summed E-state index contributed by atoms with van der Waals surface area (Å²) in [6.45, 7) is 2.36. The van der Waals surface area contributed by atoms with E-state index in [4.69, 9.17) is 23.7 Å². The van der Waals surface area contributed by atoms with Crippen molar-refractivity contribution in [1.29, 1.82) is 0 Å². The summed E-state index contributed by atoms with van der Waals surface area (Å²) in [6.07, 6.45) is 1.80. The van der Waals surface area contributed by atoms with Crippen molar-refractivity contribution in [2.75, 3.05) is 13.7 Å². The number of hydrogen-bond donors (Lipinski definition) is 0. The summed E-state index contributed by atoms with van der Waals surface area (Å²) >= 11 is 0. The summed E-state index contributed by atoms with van der Waals surface area (Å²) in [5.41, 5.74) is -0.218. The van der Waals surface area contributed by atoms with Crippen LogP contribution in [-0.4, -0.2) is 31.2 Å². The zero-order valence-electron chi connectivity index (χ0n) is 15.8. The van der Waals surface area contributed by atoms with Gasteiger partial charge in [-0.1, -0.05) is 18.2 Å². The van der Waals surface area contributed by atoms with Crippen LogP contribution in [0.15, 0.2) is 42.5 Å². The minimum absolute atomic E-state index is 0.0167. The van der Waals surface area contributed by atoms with Crippen molar-refractivity contribution in [2.45, 2.75) is 38.8 Å². The molecule has 1 aliphatic heterocycles. The molecule has 8 nitrogen and oxygen atoms in total. The SMILES string of the molecule is COc1ccccc1Oc1c(OC(C)OC2CCCCO2)cccc1[N+](=O)[O-]. The van der Waals surface area contributed by atoms with Gasteiger partial charge in [-0.2, -0.15) is 0 Å². The third kappa shape index (κ3) is 4.90. The molecule has 2 aromatic carbocycles. The molecule has 0 saturated carbocycles. The Morgan fingerprint density at radius 1 is 1.11 bits per heavy atom. The van der Waals surface area contributed by atoms with E-state index in [9.17, 15) is 10.1 Å². The van der Waals surface area contributed by atoms with E-state index in [-0.39, 0.29) is 23.5 Å². The predicted octanol–water partition coefficient (Wildman–Crippen LogP) is 4.66. The fourth-order valence-corrected chi connectivity index (χ4v) is 2.90. The van der Waals surface area contributed by atoms with Crippen LogP contribution in [0.4, 0.5) is 5.69 Å². The van der Waals surface area contributed by atoms with Gasteiger partial charge in [-0.15, -0.1) is 0 Å². The Balaban J connectivity index is 1.84. The fourth-order valence-electron chi connectivity index (χ4n) is 2.90. The highest BCUT2D eigenvalue weighted by molar-refractivity contribution is 5.58. The highest BCUT2D eigenvalue weighted by Gasteiger charge is 2.25. The average molecular weight is 389 g/mol. The number of nitro groups is 1. The van der Waals surface area contributed by atoms with E-state index in [0.29, 0.717) is 18.1 Å². The van der Waals surface area contributed by atoms with Crippen molar-refractivity contribution in [1.82, 2.24) is 0 Å². The monoisotopic (exact) mass is 389 g/mol. The average Bonchev–Trinajstić information content (AvgIpc) is 2.70. The molecule has 3 rings (SSSR count). The van der Waals surface area contributed by atoms with Crippen LogP contribution in [0.5, 0.6) is 23.0 Å². The van der Waals surface area contributed by atoms with E-state index < -0.39 is 11.2 Å². The van der Waals surface area contributed by atoms with Gasteiger partial charge < -0.3 is 23.7 Å². The Kier molecular flexibility index (Phi) is 6.67. The number of para-hydroxylation sites is 3. The molecule has 0 bridgehead atoms. The number of methoxy groups -OCH3 is 1. The van der Waals surface area contributed by atoms with Crippen molar-refractivity contribution >= 4 is 5.69 Å². The second kappa shape index (κ2) is 9.38. The maximum absolute atomic E-state index is 11.5. The highest BCUT2D eigenvalue weighted by Crippen LogP contribution is 2.42. The van der Waals surface area contributed by atoms with Gasteiger partial charge in [0, 0.05) is 12.7 Å². The van der Waals surface area contributed by atoms with E-state index in [0.717, 1.165) is 19.3 Å². The molecule has 8 heteroatoms. The lowest BCUT2D eigenvalue weighted by Crippen LogP contribution is -2.29. The highest BCUT2D eigenvalue weighted by atomic mass is 16.8. The zero-order valence-corrected chi connectivity index (χ0v) is 15.8. The third-order valence-corrected chi connectivity index (χ3v) is 4.21. The standard InChI is InChI=1S/C20H23NO7/c1-14(27-19-12-5-6-13-25-19)26-18-11-7-8-15(21(22)23)20(18)28-17-10-4-3-9-16(17)24-2/h3-4,7-11,14,19H,5-6,12-13H2,1-2H3. The topological polar surface area (TPSA) is 89.3 Å². The van der Waals surface area contributed by atoms with E-state index in [1.807, 2.05) is 0 Å². The summed E-state index contributed by atoms with van der Waals surface area (Å²) in [4.78, 5) is 11.0. The molecule has 150 valence electrons. The van der Waals surface area contributed by atoms with Gasteiger partial charge in [0.25, 0.3) is 0 Å². The Labute approximate surface area is 163 Å². The Morgan fingerprint density at radius 2 is 1.86 bits per heavy atom. The summed E-state index contributed by atoms with van der Waals surface area (Å²) in [5, 5.41) is 11.5. The van der Waals surface area contributed by atoms with Crippen LogP contribution in [0.1, 0.15) is 26.2 Å². The lowest BCUT2D eigenvalue weighted by molar-refractivity contribution is -0.385. The maximum atomic E-state index is 11.5. The van der Waals surface area contributed by atoms with E-state index in [1.54, 1.807) is 37.3 Å². The van der Waals surface area contributed by atoms with Gasteiger partial charge in [-0.05, 0) is 44.4 Å². The number of nitrogens with zero attached hydrogens (tertiary/aromatic N) is 1. The molecule has 0 aromatic heterocycles. The number of nitro benzene ring substituents is 1. The van der Waals surface area contributed by atoms with Crippen LogP contribution >= 0.6 is 0 Å². The molecule has 0 radical (unpaired) electrons. The van der Waals surface area contributed by atoms with Gasteiger partial charge in [-0.3, -0.25) is 10.1 Å². The van der Waals surface area contributed by atoms with Gasteiger partial charge in [0.05, 0.1) is 12.0 Å². The zero-order chi connectivity index (χ0) is 19.9. The Hall–Kier alpha value is -2.84. The lowest BCUT2D eigenvalue weighted by atomic mass is 10.2. The largest absolute Gasteiger partial charge is 0.493 e. The van der Waals surface area contributed by atoms with Gasteiger partial charge in [0.1, 0.15) is 0 Å². The first-order valence-electron chi connectivity index (χ1n) is 9.10. The molecule has 1 fully saturated rings. The molecule has 28 heavy (non-hydrogen) atoms.